The van der Waals surface area contributed by atoms with Crippen LogP contribution in [0.3, 0.4) is 0 Å². The summed E-state index contributed by atoms with van der Waals surface area (Å²) in [6, 6.07) is 15.1. The lowest BCUT2D eigenvalue weighted by Crippen LogP contribution is -2.22. The van der Waals surface area contributed by atoms with Crippen LogP contribution in [0.5, 0.6) is 0 Å². The van der Waals surface area contributed by atoms with Gasteiger partial charge >= 0.3 is 5.69 Å². The molecule has 6 heteroatoms. The quantitative estimate of drug-likeness (QED) is 0.735. The number of hydrogen-bond acceptors (Lipinski definition) is 4. The lowest BCUT2D eigenvalue weighted by atomic mass is 10.1. The molecular formula is C15H15N5O. The van der Waals surface area contributed by atoms with Crippen molar-refractivity contribution in [2.24, 2.45) is 0 Å². The van der Waals surface area contributed by atoms with Crippen LogP contribution >= 0.6 is 0 Å². The second-order valence-corrected chi connectivity index (χ2v) is 4.84. The molecule has 0 aliphatic heterocycles. The van der Waals surface area contributed by atoms with Crippen molar-refractivity contribution in [3.8, 4) is 5.69 Å². The summed E-state index contributed by atoms with van der Waals surface area (Å²) in [5.74, 6) is 0. The van der Waals surface area contributed by atoms with Crippen molar-refractivity contribution in [1.82, 2.24) is 19.8 Å². The number of rotatable bonds is 3. The molecule has 1 aromatic heterocycles. The van der Waals surface area contributed by atoms with Gasteiger partial charge in [0.15, 0.2) is 0 Å². The summed E-state index contributed by atoms with van der Waals surface area (Å²) in [5.41, 5.74) is 8.92. The van der Waals surface area contributed by atoms with E-state index in [1.54, 1.807) is 4.80 Å². The van der Waals surface area contributed by atoms with Gasteiger partial charge in [-0.1, -0.05) is 35.4 Å². The predicted octanol–water partition coefficient (Wildman–Crippen LogP) is 1.37. The molecule has 0 spiro atoms. The van der Waals surface area contributed by atoms with Crippen LogP contribution < -0.4 is 11.4 Å². The summed E-state index contributed by atoms with van der Waals surface area (Å²) in [6.07, 6.45) is 0. The third-order valence-electron chi connectivity index (χ3n) is 3.30. The van der Waals surface area contributed by atoms with E-state index < -0.39 is 5.69 Å². The summed E-state index contributed by atoms with van der Waals surface area (Å²) in [7, 11) is 0. The fourth-order valence-electron chi connectivity index (χ4n) is 2.19. The second-order valence-electron chi connectivity index (χ2n) is 4.84. The van der Waals surface area contributed by atoms with Gasteiger partial charge in [-0.05, 0) is 41.5 Å². The first-order valence-corrected chi connectivity index (χ1v) is 6.58. The number of aryl methyl sites for hydroxylation is 1. The smallest absolute Gasteiger partial charge is 0.388 e. The number of tetrazole rings is 1. The standard InChI is InChI=1S/C15H15N5O/c1-11-9-12(7-8-14(11)16)10-19-18-17-15(21)20(19)13-5-3-2-4-6-13/h2-9H,10,16H2,1H3. The Morgan fingerprint density at radius 3 is 2.62 bits per heavy atom. The molecule has 0 saturated heterocycles. The fraction of sp³-hybridized carbons (Fsp3) is 0.133. The molecular weight excluding hydrogens is 266 g/mol. The Balaban J connectivity index is 2.01. The Kier molecular flexibility index (Phi) is 3.27. The van der Waals surface area contributed by atoms with E-state index in [-0.39, 0.29) is 0 Å². The molecule has 0 radical (unpaired) electrons. The predicted molar refractivity (Wildman–Crippen MR) is 80.3 cm³/mol. The molecule has 0 saturated carbocycles. The van der Waals surface area contributed by atoms with E-state index in [2.05, 4.69) is 10.3 Å². The maximum Gasteiger partial charge on any atom is 0.388 e. The largest absolute Gasteiger partial charge is 0.399 e. The minimum Gasteiger partial charge on any atom is -0.399 e. The Bertz CT molecular complexity index is 820. The van der Waals surface area contributed by atoms with Crippen LogP contribution in [0.4, 0.5) is 5.69 Å². The Morgan fingerprint density at radius 2 is 1.90 bits per heavy atom. The first-order valence-electron chi connectivity index (χ1n) is 6.58. The van der Waals surface area contributed by atoms with E-state index in [4.69, 9.17) is 5.73 Å². The van der Waals surface area contributed by atoms with Crippen molar-refractivity contribution in [3.05, 3.63) is 70.1 Å². The topological polar surface area (TPSA) is 78.7 Å². The van der Waals surface area contributed by atoms with Gasteiger partial charge in [0, 0.05) is 5.69 Å². The fourth-order valence-corrected chi connectivity index (χ4v) is 2.19. The van der Waals surface area contributed by atoms with Crippen molar-refractivity contribution in [2.75, 3.05) is 5.73 Å². The van der Waals surface area contributed by atoms with Crippen molar-refractivity contribution in [1.29, 1.82) is 0 Å². The van der Waals surface area contributed by atoms with Crippen molar-refractivity contribution >= 4 is 5.69 Å². The Morgan fingerprint density at radius 1 is 1.14 bits per heavy atom. The maximum absolute atomic E-state index is 11.9. The molecule has 0 fully saturated rings. The summed E-state index contributed by atoms with van der Waals surface area (Å²) in [6.45, 7) is 2.40. The number of para-hydroxylation sites is 1. The van der Waals surface area contributed by atoms with E-state index in [1.165, 1.54) is 4.68 Å². The molecule has 0 bridgehead atoms. The molecule has 2 N–H and O–H groups in total. The van der Waals surface area contributed by atoms with Crippen LogP contribution in [0.1, 0.15) is 11.1 Å². The van der Waals surface area contributed by atoms with E-state index in [9.17, 15) is 4.79 Å². The molecule has 3 rings (SSSR count). The molecule has 0 aliphatic carbocycles. The average molecular weight is 281 g/mol. The van der Waals surface area contributed by atoms with E-state index >= 15 is 0 Å². The van der Waals surface area contributed by atoms with Crippen LogP contribution in [0, 0.1) is 6.92 Å². The van der Waals surface area contributed by atoms with E-state index in [1.807, 2.05) is 55.5 Å². The first-order chi connectivity index (χ1) is 10.1. The number of nitrogens with two attached hydrogens (primary N) is 1. The van der Waals surface area contributed by atoms with Gasteiger partial charge in [0.2, 0.25) is 0 Å². The van der Waals surface area contributed by atoms with Gasteiger partial charge in [0.05, 0.1) is 12.2 Å². The van der Waals surface area contributed by atoms with Crippen LogP contribution in [0.15, 0.2) is 53.3 Å². The van der Waals surface area contributed by atoms with Gasteiger partial charge < -0.3 is 5.73 Å². The monoisotopic (exact) mass is 281 g/mol. The second kappa shape index (κ2) is 5.24. The SMILES string of the molecule is Cc1cc(Cn2nnc(=O)n2-c2ccccc2)ccc1N. The normalized spacial score (nSPS) is 10.7. The minimum absolute atomic E-state index is 0.395. The van der Waals surface area contributed by atoms with Crippen molar-refractivity contribution < 1.29 is 0 Å². The van der Waals surface area contributed by atoms with Crippen molar-refractivity contribution in [2.45, 2.75) is 13.5 Å². The van der Waals surface area contributed by atoms with Gasteiger partial charge in [-0.3, -0.25) is 0 Å². The number of nitrogen functional groups attached to an aromatic ring is 1. The highest BCUT2D eigenvalue weighted by molar-refractivity contribution is 5.47. The summed E-state index contributed by atoms with van der Waals surface area (Å²) < 4.78 is 1.45. The van der Waals surface area contributed by atoms with Crippen LogP contribution in [-0.4, -0.2) is 19.8 Å². The molecule has 1 heterocycles. The minimum atomic E-state index is -0.395. The molecule has 21 heavy (non-hydrogen) atoms. The van der Waals surface area contributed by atoms with Crippen LogP contribution in [0.25, 0.3) is 5.69 Å². The zero-order valence-electron chi connectivity index (χ0n) is 11.6. The summed E-state index contributed by atoms with van der Waals surface area (Å²) >= 11 is 0. The molecule has 0 atom stereocenters. The maximum atomic E-state index is 11.9. The molecule has 2 aromatic carbocycles. The molecule has 6 nitrogen and oxygen atoms in total. The van der Waals surface area contributed by atoms with E-state index in [0.717, 1.165) is 22.5 Å². The van der Waals surface area contributed by atoms with Gasteiger partial charge in [0.1, 0.15) is 0 Å². The zero-order chi connectivity index (χ0) is 14.8. The lowest BCUT2D eigenvalue weighted by Gasteiger charge is -2.09. The third-order valence-corrected chi connectivity index (χ3v) is 3.30. The highest BCUT2D eigenvalue weighted by atomic mass is 16.2. The number of anilines is 1. The molecule has 0 amide bonds. The van der Waals surface area contributed by atoms with Gasteiger partial charge in [0.25, 0.3) is 0 Å². The molecule has 3 aromatic rings. The summed E-state index contributed by atoms with van der Waals surface area (Å²) in [5, 5.41) is 7.55. The number of hydrogen-bond donors (Lipinski definition) is 1. The number of benzene rings is 2. The number of nitrogens with zero attached hydrogens (tertiary/aromatic N) is 4. The molecule has 0 aliphatic rings. The van der Waals surface area contributed by atoms with Gasteiger partial charge in [-0.2, -0.15) is 9.48 Å². The average Bonchev–Trinajstić information content (AvgIpc) is 2.85. The van der Waals surface area contributed by atoms with Gasteiger partial charge in [-0.15, -0.1) is 0 Å². The highest BCUT2D eigenvalue weighted by Gasteiger charge is 2.09. The highest BCUT2D eigenvalue weighted by Crippen LogP contribution is 2.13. The van der Waals surface area contributed by atoms with E-state index in [0.29, 0.717) is 6.54 Å². The van der Waals surface area contributed by atoms with Crippen molar-refractivity contribution in [3.63, 3.8) is 0 Å². The van der Waals surface area contributed by atoms with Gasteiger partial charge in [-0.25, -0.2) is 4.79 Å². The third kappa shape index (κ3) is 2.55. The molecule has 106 valence electrons. The Labute approximate surface area is 121 Å². The molecule has 0 unspecified atom stereocenters. The first kappa shape index (κ1) is 13.1. The summed E-state index contributed by atoms with van der Waals surface area (Å²) in [4.78, 5) is 13.4. The van der Waals surface area contributed by atoms with Crippen LogP contribution in [-0.2, 0) is 6.54 Å². The zero-order valence-corrected chi connectivity index (χ0v) is 11.6. The number of aromatic nitrogens is 4. The Hall–Kier alpha value is -2.89. The lowest BCUT2D eigenvalue weighted by molar-refractivity contribution is 0.513. The van der Waals surface area contributed by atoms with Crippen LogP contribution in [0.2, 0.25) is 0 Å².